The first-order chi connectivity index (χ1) is 14.6. The van der Waals surface area contributed by atoms with Gasteiger partial charge in [-0.1, -0.05) is 36.0 Å². The Kier molecular flexibility index (Phi) is 5.86. The minimum absolute atomic E-state index is 0.270. The van der Waals surface area contributed by atoms with Gasteiger partial charge in [-0.15, -0.1) is 10.2 Å². The number of thioether (sulfide) groups is 1. The number of hydrogen-bond acceptors (Lipinski definition) is 5. The molecule has 0 fully saturated rings. The fourth-order valence-corrected chi connectivity index (χ4v) is 4.37. The summed E-state index contributed by atoms with van der Waals surface area (Å²) in [5, 5.41) is 11.8. The molecule has 0 radical (unpaired) electrons. The fourth-order valence-electron chi connectivity index (χ4n) is 3.33. The van der Waals surface area contributed by atoms with Crippen LogP contribution in [0, 0.1) is 12.7 Å². The van der Waals surface area contributed by atoms with Crippen LogP contribution in [0.2, 0.25) is 0 Å². The summed E-state index contributed by atoms with van der Waals surface area (Å²) < 4.78 is 24.1. The zero-order valence-electron chi connectivity index (χ0n) is 17.0. The van der Waals surface area contributed by atoms with Crippen LogP contribution in [0.25, 0.3) is 22.0 Å². The summed E-state index contributed by atoms with van der Waals surface area (Å²) in [6.45, 7) is 2.05. The van der Waals surface area contributed by atoms with Gasteiger partial charge in [0.2, 0.25) is 0 Å². The Morgan fingerprint density at radius 2 is 1.53 bits per heavy atom. The Morgan fingerprint density at radius 3 is 2.23 bits per heavy atom. The first-order valence-electron chi connectivity index (χ1n) is 9.46. The summed E-state index contributed by atoms with van der Waals surface area (Å²) >= 11 is 1.63. The molecule has 4 nitrogen and oxygen atoms in total. The monoisotopic (exact) mass is 420 g/mol. The van der Waals surface area contributed by atoms with Gasteiger partial charge in [-0.3, -0.25) is 0 Å². The Labute approximate surface area is 179 Å². The highest BCUT2D eigenvalue weighted by Crippen LogP contribution is 2.36. The lowest BCUT2D eigenvalue weighted by Gasteiger charge is -2.13. The highest BCUT2D eigenvalue weighted by atomic mass is 32.2. The molecule has 1 aromatic heterocycles. The van der Waals surface area contributed by atoms with Gasteiger partial charge in [-0.25, -0.2) is 4.39 Å². The van der Waals surface area contributed by atoms with Gasteiger partial charge in [-0.05, 0) is 54.4 Å². The van der Waals surface area contributed by atoms with E-state index in [2.05, 4.69) is 17.1 Å². The third-order valence-electron chi connectivity index (χ3n) is 4.98. The topological polar surface area (TPSA) is 44.2 Å². The van der Waals surface area contributed by atoms with E-state index >= 15 is 0 Å². The minimum Gasteiger partial charge on any atom is -0.493 e. The van der Waals surface area contributed by atoms with E-state index < -0.39 is 0 Å². The average molecular weight is 421 g/mol. The molecule has 4 aromatic rings. The summed E-state index contributed by atoms with van der Waals surface area (Å²) in [7, 11) is 3.27. The van der Waals surface area contributed by atoms with E-state index in [0.29, 0.717) is 5.75 Å². The number of nitrogens with zero attached hydrogens (tertiary/aromatic N) is 2. The standard InChI is InChI=1S/C24H21FN2O2S/c1-15-12-21(28-2)22(29-3)13-17(15)14-30-24-20-7-5-4-6-19(20)23(26-27-24)16-8-10-18(25)11-9-16/h4-13H,14H2,1-3H3. The molecule has 0 aliphatic heterocycles. The van der Waals surface area contributed by atoms with Crippen LogP contribution in [0.4, 0.5) is 4.39 Å². The fraction of sp³-hybridized carbons (Fsp3) is 0.167. The maximum atomic E-state index is 13.3. The van der Waals surface area contributed by atoms with Crippen molar-refractivity contribution >= 4 is 22.5 Å². The second-order valence-electron chi connectivity index (χ2n) is 6.83. The van der Waals surface area contributed by atoms with Crippen LogP contribution in [0.3, 0.4) is 0 Å². The van der Waals surface area contributed by atoms with E-state index in [0.717, 1.165) is 49.7 Å². The number of ether oxygens (including phenoxy) is 2. The van der Waals surface area contributed by atoms with E-state index in [4.69, 9.17) is 9.47 Å². The number of benzene rings is 3. The summed E-state index contributed by atoms with van der Waals surface area (Å²) in [5.74, 6) is 1.88. The molecule has 0 saturated carbocycles. The van der Waals surface area contributed by atoms with Crippen LogP contribution in [-0.4, -0.2) is 24.4 Å². The third kappa shape index (κ3) is 3.96. The molecule has 0 aliphatic carbocycles. The highest BCUT2D eigenvalue weighted by Gasteiger charge is 2.13. The molecule has 30 heavy (non-hydrogen) atoms. The highest BCUT2D eigenvalue weighted by molar-refractivity contribution is 7.98. The number of halogens is 1. The van der Waals surface area contributed by atoms with Crippen LogP contribution in [0.1, 0.15) is 11.1 Å². The molecule has 0 amide bonds. The van der Waals surface area contributed by atoms with Crippen LogP contribution in [0.5, 0.6) is 11.5 Å². The Bertz CT molecular complexity index is 1200. The molecule has 0 bridgehead atoms. The van der Waals surface area contributed by atoms with E-state index in [1.807, 2.05) is 36.4 Å². The van der Waals surface area contributed by atoms with Crippen LogP contribution < -0.4 is 9.47 Å². The van der Waals surface area contributed by atoms with E-state index in [1.165, 1.54) is 12.1 Å². The maximum absolute atomic E-state index is 13.3. The lowest BCUT2D eigenvalue weighted by molar-refractivity contribution is 0.354. The second-order valence-corrected chi connectivity index (χ2v) is 7.79. The van der Waals surface area contributed by atoms with Crippen molar-refractivity contribution in [3.63, 3.8) is 0 Å². The Morgan fingerprint density at radius 1 is 0.867 bits per heavy atom. The minimum atomic E-state index is -0.270. The second kappa shape index (κ2) is 8.71. The number of rotatable bonds is 6. The van der Waals surface area contributed by atoms with Crippen molar-refractivity contribution in [3.8, 4) is 22.8 Å². The molecule has 1 heterocycles. The van der Waals surface area contributed by atoms with Crippen molar-refractivity contribution in [2.45, 2.75) is 17.7 Å². The first kappa shape index (κ1) is 20.2. The van der Waals surface area contributed by atoms with Crippen LogP contribution in [0.15, 0.2) is 65.7 Å². The van der Waals surface area contributed by atoms with Gasteiger partial charge in [0.25, 0.3) is 0 Å². The SMILES string of the molecule is COc1cc(C)c(CSc2nnc(-c3ccc(F)cc3)c3ccccc23)cc1OC. The first-order valence-corrected chi connectivity index (χ1v) is 10.4. The molecule has 0 saturated heterocycles. The molecule has 4 rings (SSSR count). The summed E-state index contributed by atoms with van der Waals surface area (Å²) in [4.78, 5) is 0. The molecule has 0 unspecified atom stereocenters. The molecule has 0 aliphatic rings. The molecule has 0 atom stereocenters. The molecule has 3 aromatic carbocycles. The zero-order chi connectivity index (χ0) is 21.1. The normalized spacial score (nSPS) is 10.9. The molecule has 0 N–H and O–H groups in total. The molecule has 0 spiro atoms. The van der Waals surface area contributed by atoms with Gasteiger partial charge in [0.05, 0.1) is 14.2 Å². The molecule has 6 heteroatoms. The third-order valence-corrected chi connectivity index (χ3v) is 6.01. The predicted octanol–water partition coefficient (Wildman–Crippen LogP) is 6.05. The summed E-state index contributed by atoms with van der Waals surface area (Å²) in [5.41, 5.74) is 3.86. The quantitative estimate of drug-likeness (QED) is 0.355. The van der Waals surface area contributed by atoms with Crippen molar-refractivity contribution < 1.29 is 13.9 Å². The lowest BCUT2D eigenvalue weighted by Crippen LogP contribution is -1.97. The van der Waals surface area contributed by atoms with Gasteiger partial charge in [0.1, 0.15) is 16.5 Å². The van der Waals surface area contributed by atoms with Crippen molar-refractivity contribution in [1.29, 1.82) is 0 Å². The molecule has 152 valence electrons. The van der Waals surface area contributed by atoms with E-state index in [-0.39, 0.29) is 5.82 Å². The van der Waals surface area contributed by atoms with Crippen molar-refractivity contribution in [3.05, 3.63) is 77.6 Å². The smallest absolute Gasteiger partial charge is 0.161 e. The van der Waals surface area contributed by atoms with E-state index in [9.17, 15) is 4.39 Å². The van der Waals surface area contributed by atoms with Gasteiger partial charge >= 0.3 is 0 Å². The Balaban J connectivity index is 1.68. The summed E-state index contributed by atoms with van der Waals surface area (Å²) in [6.07, 6.45) is 0. The van der Waals surface area contributed by atoms with Gasteiger partial charge in [0, 0.05) is 22.1 Å². The number of methoxy groups -OCH3 is 2. The average Bonchev–Trinajstić information content (AvgIpc) is 2.78. The van der Waals surface area contributed by atoms with Crippen molar-refractivity contribution in [1.82, 2.24) is 10.2 Å². The van der Waals surface area contributed by atoms with Crippen LogP contribution in [-0.2, 0) is 5.75 Å². The van der Waals surface area contributed by atoms with Gasteiger partial charge in [-0.2, -0.15) is 0 Å². The van der Waals surface area contributed by atoms with E-state index in [1.54, 1.807) is 38.1 Å². The number of hydrogen-bond donors (Lipinski definition) is 0. The Hall–Kier alpha value is -3.12. The number of aromatic nitrogens is 2. The maximum Gasteiger partial charge on any atom is 0.161 e. The van der Waals surface area contributed by atoms with Gasteiger partial charge in [0.15, 0.2) is 11.5 Å². The van der Waals surface area contributed by atoms with Crippen molar-refractivity contribution in [2.24, 2.45) is 0 Å². The van der Waals surface area contributed by atoms with Crippen molar-refractivity contribution in [2.75, 3.05) is 14.2 Å². The number of aryl methyl sites for hydroxylation is 1. The summed E-state index contributed by atoms with van der Waals surface area (Å²) in [6, 6.07) is 18.4. The lowest BCUT2D eigenvalue weighted by atomic mass is 10.1. The van der Waals surface area contributed by atoms with Gasteiger partial charge < -0.3 is 9.47 Å². The number of fused-ring (bicyclic) bond motifs is 1. The zero-order valence-corrected chi connectivity index (χ0v) is 17.8. The predicted molar refractivity (Wildman–Crippen MR) is 119 cm³/mol. The van der Waals surface area contributed by atoms with Crippen LogP contribution >= 0.6 is 11.8 Å². The molecular formula is C24H21FN2O2S. The largest absolute Gasteiger partial charge is 0.493 e. The molecular weight excluding hydrogens is 399 g/mol.